The predicted octanol–water partition coefficient (Wildman–Crippen LogP) is 1.92. The Morgan fingerprint density at radius 3 is 2.18 bits per heavy atom. The van der Waals surface area contributed by atoms with Crippen molar-refractivity contribution >= 4 is 31.6 Å². The van der Waals surface area contributed by atoms with Crippen molar-refractivity contribution in [2.45, 2.75) is 36.1 Å². The molecule has 2 aromatic rings. The summed E-state index contributed by atoms with van der Waals surface area (Å²) in [5.74, 6) is -0.509. The fourth-order valence-electron chi connectivity index (χ4n) is 2.26. The summed E-state index contributed by atoms with van der Waals surface area (Å²) in [4.78, 5) is 12.5. The third-order valence-electron chi connectivity index (χ3n) is 4.07. The second kappa shape index (κ2) is 8.82. The van der Waals surface area contributed by atoms with Crippen LogP contribution in [0, 0.1) is 0 Å². The maximum absolute atomic E-state index is 12.5. The summed E-state index contributed by atoms with van der Waals surface area (Å²) in [5, 5.41) is 2.62. The molecule has 10 heteroatoms. The molecule has 0 aliphatic rings. The number of hydrogen-bond donors (Lipinski definition) is 3. The van der Waals surface area contributed by atoms with Gasteiger partial charge in [0.2, 0.25) is 20.0 Å². The Balaban J connectivity index is 2.19. The summed E-state index contributed by atoms with van der Waals surface area (Å²) >= 11 is 0. The minimum atomic E-state index is -3.73. The van der Waals surface area contributed by atoms with Crippen LogP contribution in [0.25, 0.3) is 0 Å². The van der Waals surface area contributed by atoms with E-state index in [2.05, 4.69) is 14.8 Å². The van der Waals surface area contributed by atoms with Crippen LogP contribution < -0.4 is 14.8 Å². The van der Waals surface area contributed by atoms with Crippen LogP contribution in [0.5, 0.6) is 0 Å². The third kappa shape index (κ3) is 5.38. The molecule has 0 bridgehead atoms. The van der Waals surface area contributed by atoms with Crippen LogP contribution in [0.3, 0.4) is 0 Å². The second-order valence-electron chi connectivity index (χ2n) is 6.14. The number of benzene rings is 2. The van der Waals surface area contributed by atoms with E-state index in [1.165, 1.54) is 55.6 Å². The van der Waals surface area contributed by atoms with Crippen molar-refractivity contribution < 1.29 is 21.6 Å². The van der Waals surface area contributed by atoms with Crippen molar-refractivity contribution in [1.82, 2.24) is 9.44 Å². The zero-order valence-electron chi connectivity index (χ0n) is 15.8. The lowest BCUT2D eigenvalue weighted by Crippen LogP contribution is -2.32. The first-order valence-corrected chi connectivity index (χ1v) is 11.5. The standard InChI is InChI=1S/C18H23N3O5S2/c1-4-13(2)21-28(25,26)17-7-5-6-14(12-17)18(22)20-15-8-10-16(11-9-15)27(23,24)19-3/h5-13,19,21H,4H2,1-3H3,(H,20,22). The van der Waals surface area contributed by atoms with Crippen LogP contribution in [0.4, 0.5) is 5.69 Å². The zero-order valence-corrected chi connectivity index (χ0v) is 17.4. The molecule has 0 aromatic heterocycles. The largest absolute Gasteiger partial charge is 0.322 e. The Labute approximate surface area is 165 Å². The molecule has 2 rings (SSSR count). The van der Waals surface area contributed by atoms with E-state index in [1.807, 2.05) is 6.92 Å². The molecule has 2 aromatic carbocycles. The zero-order chi connectivity index (χ0) is 20.9. The minimum absolute atomic E-state index is 0.00379. The lowest BCUT2D eigenvalue weighted by atomic mass is 10.2. The first-order chi connectivity index (χ1) is 13.1. The molecule has 0 aliphatic carbocycles. The van der Waals surface area contributed by atoms with Crippen molar-refractivity contribution in [3.05, 3.63) is 54.1 Å². The predicted molar refractivity (Wildman–Crippen MR) is 107 cm³/mol. The van der Waals surface area contributed by atoms with Gasteiger partial charge in [0.25, 0.3) is 5.91 Å². The highest BCUT2D eigenvalue weighted by atomic mass is 32.2. The number of rotatable bonds is 8. The molecular formula is C18H23N3O5S2. The summed E-state index contributed by atoms with van der Waals surface area (Å²) in [6, 6.07) is 11.1. The van der Waals surface area contributed by atoms with Crippen molar-refractivity contribution in [3.8, 4) is 0 Å². The molecule has 152 valence electrons. The summed E-state index contributed by atoms with van der Waals surface area (Å²) in [6.45, 7) is 3.62. The van der Waals surface area contributed by atoms with Gasteiger partial charge in [0.05, 0.1) is 9.79 Å². The van der Waals surface area contributed by atoms with Gasteiger partial charge < -0.3 is 5.32 Å². The molecule has 1 amide bonds. The lowest BCUT2D eigenvalue weighted by molar-refractivity contribution is 0.102. The fourth-order valence-corrected chi connectivity index (χ4v) is 4.36. The Bertz CT molecular complexity index is 1050. The van der Waals surface area contributed by atoms with Gasteiger partial charge in [-0.1, -0.05) is 13.0 Å². The van der Waals surface area contributed by atoms with Crippen molar-refractivity contribution in [3.63, 3.8) is 0 Å². The van der Waals surface area contributed by atoms with Crippen molar-refractivity contribution in [1.29, 1.82) is 0 Å². The molecule has 1 atom stereocenters. The van der Waals surface area contributed by atoms with Gasteiger partial charge in [0.1, 0.15) is 0 Å². The summed E-state index contributed by atoms with van der Waals surface area (Å²) < 4.78 is 53.0. The molecule has 0 heterocycles. The maximum Gasteiger partial charge on any atom is 0.255 e. The van der Waals surface area contributed by atoms with E-state index in [1.54, 1.807) is 6.92 Å². The van der Waals surface area contributed by atoms with Gasteiger partial charge in [-0.25, -0.2) is 26.3 Å². The first-order valence-electron chi connectivity index (χ1n) is 8.56. The number of hydrogen-bond acceptors (Lipinski definition) is 5. The fraction of sp³-hybridized carbons (Fsp3) is 0.278. The smallest absolute Gasteiger partial charge is 0.255 e. The second-order valence-corrected chi connectivity index (χ2v) is 9.74. The monoisotopic (exact) mass is 425 g/mol. The topological polar surface area (TPSA) is 121 Å². The van der Waals surface area contributed by atoms with E-state index in [-0.39, 0.29) is 21.4 Å². The third-order valence-corrected chi connectivity index (χ3v) is 7.08. The number of carbonyl (C=O) groups is 1. The Morgan fingerprint density at radius 1 is 0.964 bits per heavy atom. The van der Waals surface area contributed by atoms with E-state index in [0.29, 0.717) is 12.1 Å². The molecule has 3 N–H and O–H groups in total. The molecule has 0 saturated heterocycles. The Kier molecular flexibility index (Phi) is 6.94. The van der Waals surface area contributed by atoms with Gasteiger partial charge in [0.15, 0.2) is 0 Å². The van der Waals surface area contributed by atoms with Crippen LogP contribution in [0.2, 0.25) is 0 Å². The normalized spacial score (nSPS) is 13.1. The van der Waals surface area contributed by atoms with E-state index >= 15 is 0 Å². The maximum atomic E-state index is 12.5. The number of amides is 1. The van der Waals surface area contributed by atoms with Gasteiger partial charge in [-0.05, 0) is 62.9 Å². The molecule has 0 aliphatic heterocycles. The van der Waals surface area contributed by atoms with Crippen molar-refractivity contribution in [2.75, 3.05) is 12.4 Å². The summed E-state index contributed by atoms with van der Waals surface area (Å²) in [5.41, 5.74) is 0.546. The van der Waals surface area contributed by atoms with Crippen LogP contribution in [-0.4, -0.2) is 35.8 Å². The van der Waals surface area contributed by atoms with Gasteiger partial charge >= 0.3 is 0 Å². The van der Waals surface area contributed by atoms with E-state index in [4.69, 9.17) is 0 Å². The molecule has 0 radical (unpaired) electrons. The van der Waals surface area contributed by atoms with E-state index < -0.39 is 26.0 Å². The van der Waals surface area contributed by atoms with Gasteiger partial charge in [-0.3, -0.25) is 4.79 Å². The molecule has 0 spiro atoms. The quantitative estimate of drug-likeness (QED) is 0.597. The summed E-state index contributed by atoms with van der Waals surface area (Å²) in [6.07, 6.45) is 0.638. The SMILES string of the molecule is CCC(C)NS(=O)(=O)c1cccc(C(=O)Nc2ccc(S(=O)(=O)NC)cc2)c1. The van der Waals surface area contributed by atoms with Gasteiger partial charge in [0, 0.05) is 17.3 Å². The first kappa shape index (κ1) is 22.0. The average molecular weight is 426 g/mol. The number of nitrogens with one attached hydrogen (secondary N) is 3. The number of anilines is 1. The molecule has 0 saturated carbocycles. The van der Waals surface area contributed by atoms with Gasteiger partial charge in [-0.2, -0.15) is 0 Å². The highest BCUT2D eigenvalue weighted by Gasteiger charge is 2.18. The van der Waals surface area contributed by atoms with E-state index in [0.717, 1.165) is 0 Å². The number of sulfonamides is 2. The van der Waals surface area contributed by atoms with Crippen molar-refractivity contribution in [2.24, 2.45) is 0 Å². The van der Waals surface area contributed by atoms with Gasteiger partial charge in [-0.15, -0.1) is 0 Å². The van der Waals surface area contributed by atoms with Crippen LogP contribution in [0.1, 0.15) is 30.6 Å². The molecule has 28 heavy (non-hydrogen) atoms. The lowest BCUT2D eigenvalue weighted by Gasteiger charge is -2.13. The molecular weight excluding hydrogens is 402 g/mol. The summed E-state index contributed by atoms with van der Waals surface area (Å²) in [7, 11) is -5.99. The number of carbonyl (C=O) groups excluding carboxylic acids is 1. The highest BCUT2D eigenvalue weighted by molar-refractivity contribution is 7.89. The minimum Gasteiger partial charge on any atom is -0.322 e. The molecule has 1 unspecified atom stereocenters. The van der Waals surface area contributed by atoms with Crippen LogP contribution in [0.15, 0.2) is 58.3 Å². The Morgan fingerprint density at radius 2 is 1.61 bits per heavy atom. The van der Waals surface area contributed by atoms with Crippen LogP contribution in [-0.2, 0) is 20.0 Å². The van der Waals surface area contributed by atoms with Crippen LogP contribution >= 0.6 is 0 Å². The average Bonchev–Trinajstić information content (AvgIpc) is 2.68. The molecule has 8 nitrogen and oxygen atoms in total. The molecule has 0 fully saturated rings. The van der Waals surface area contributed by atoms with E-state index in [9.17, 15) is 21.6 Å². The Hall–Kier alpha value is -2.27. The highest BCUT2D eigenvalue weighted by Crippen LogP contribution is 2.17.